The molecule has 1 aromatic rings. The van der Waals surface area contributed by atoms with E-state index in [1.54, 1.807) is 7.11 Å². The van der Waals surface area contributed by atoms with Gasteiger partial charge in [-0.15, -0.1) is 0 Å². The zero-order valence-electron chi connectivity index (χ0n) is 8.73. The minimum absolute atomic E-state index is 0.0807. The molecule has 2 rings (SSSR count). The van der Waals surface area contributed by atoms with E-state index in [2.05, 4.69) is 0 Å². The summed E-state index contributed by atoms with van der Waals surface area (Å²) in [6, 6.07) is 7.93. The van der Waals surface area contributed by atoms with Gasteiger partial charge in [0, 0.05) is 5.92 Å². The molecule has 0 spiro atoms. The average molecular weight is 206 g/mol. The third-order valence-electron chi connectivity index (χ3n) is 2.59. The van der Waals surface area contributed by atoms with Crippen molar-refractivity contribution in [1.82, 2.24) is 0 Å². The number of esters is 1. The van der Waals surface area contributed by atoms with Gasteiger partial charge in [-0.25, -0.2) is 0 Å². The van der Waals surface area contributed by atoms with Crippen LogP contribution < -0.4 is 4.74 Å². The lowest BCUT2D eigenvalue weighted by Gasteiger charge is -2.07. The van der Waals surface area contributed by atoms with E-state index in [1.165, 1.54) is 5.56 Å². The Morgan fingerprint density at radius 2 is 2.40 bits per heavy atom. The fourth-order valence-corrected chi connectivity index (χ4v) is 1.83. The summed E-state index contributed by atoms with van der Waals surface area (Å²) in [5.41, 5.74) is 1.19. The first-order valence-corrected chi connectivity index (χ1v) is 5.06. The molecule has 0 bridgehead atoms. The lowest BCUT2D eigenvalue weighted by atomic mass is 9.98. The Balaban J connectivity index is 2.01. The highest BCUT2D eigenvalue weighted by atomic mass is 16.5. The average Bonchev–Trinajstić information content (AvgIpc) is 2.64. The van der Waals surface area contributed by atoms with Crippen molar-refractivity contribution in [2.45, 2.75) is 12.8 Å². The number of benzene rings is 1. The Bertz CT molecular complexity index is 360. The molecule has 1 aliphatic heterocycles. The number of hydrogen-bond donors (Lipinski definition) is 0. The Hall–Kier alpha value is -1.51. The maximum absolute atomic E-state index is 10.9. The summed E-state index contributed by atoms with van der Waals surface area (Å²) in [5, 5.41) is 0. The molecule has 1 saturated heterocycles. The quantitative estimate of drug-likeness (QED) is 0.707. The summed E-state index contributed by atoms with van der Waals surface area (Å²) in [6.07, 6.45) is 1.42. The molecule has 3 nitrogen and oxygen atoms in total. The van der Waals surface area contributed by atoms with Crippen molar-refractivity contribution in [2.24, 2.45) is 5.92 Å². The Labute approximate surface area is 89.0 Å². The largest absolute Gasteiger partial charge is 0.497 e. The van der Waals surface area contributed by atoms with Crippen LogP contribution >= 0.6 is 0 Å². The van der Waals surface area contributed by atoms with Crippen molar-refractivity contribution in [3.05, 3.63) is 29.8 Å². The lowest BCUT2D eigenvalue weighted by molar-refractivity contribution is -0.137. The van der Waals surface area contributed by atoms with Crippen molar-refractivity contribution < 1.29 is 14.3 Å². The molecule has 0 radical (unpaired) electrons. The number of methoxy groups -OCH3 is 1. The molecule has 1 aromatic carbocycles. The Kier molecular flexibility index (Phi) is 2.90. The fourth-order valence-electron chi connectivity index (χ4n) is 1.83. The molecule has 0 unspecified atom stereocenters. The second-order valence-corrected chi connectivity index (χ2v) is 3.81. The molecule has 0 N–H and O–H groups in total. The molecule has 0 aromatic heterocycles. The van der Waals surface area contributed by atoms with Gasteiger partial charge in [-0.3, -0.25) is 4.79 Å². The molecule has 0 saturated carbocycles. The van der Waals surface area contributed by atoms with Crippen molar-refractivity contribution in [3.8, 4) is 5.75 Å². The summed E-state index contributed by atoms with van der Waals surface area (Å²) >= 11 is 0. The summed E-state index contributed by atoms with van der Waals surface area (Å²) in [6.45, 7) is 0.552. The van der Waals surface area contributed by atoms with Crippen LogP contribution in [0.15, 0.2) is 24.3 Å². The van der Waals surface area contributed by atoms with E-state index in [9.17, 15) is 4.79 Å². The number of cyclic esters (lactones) is 1. The zero-order valence-corrected chi connectivity index (χ0v) is 8.73. The first kappa shape index (κ1) is 10.0. The van der Waals surface area contributed by atoms with E-state index in [4.69, 9.17) is 9.47 Å². The van der Waals surface area contributed by atoms with Gasteiger partial charge in [-0.2, -0.15) is 0 Å². The molecule has 0 amide bonds. The van der Waals surface area contributed by atoms with Crippen LogP contribution in [0, 0.1) is 5.92 Å². The van der Waals surface area contributed by atoms with Gasteiger partial charge in [0.15, 0.2) is 0 Å². The predicted molar refractivity (Wildman–Crippen MR) is 55.8 cm³/mol. The maximum Gasteiger partial charge on any atom is 0.306 e. The smallest absolute Gasteiger partial charge is 0.306 e. The first-order chi connectivity index (χ1) is 7.28. The Morgan fingerprint density at radius 1 is 1.53 bits per heavy atom. The summed E-state index contributed by atoms with van der Waals surface area (Å²) in [4.78, 5) is 10.9. The molecule has 0 aliphatic carbocycles. The summed E-state index contributed by atoms with van der Waals surface area (Å²) in [7, 11) is 1.65. The molecule has 1 aliphatic rings. The van der Waals surface area contributed by atoms with Crippen LogP contribution in [-0.2, 0) is 16.0 Å². The van der Waals surface area contributed by atoms with Crippen LogP contribution in [0.5, 0.6) is 5.75 Å². The van der Waals surface area contributed by atoms with Gasteiger partial charge in [-0.1, -0.05) is 12.1 Å². The molecule has 1 fully saturated rings. The number of carbonyl (C=O) groups excluding carboxylic acids is 1. The molecule has 1 atom stereocenters. The second kappa shape index (κ2) is 4.34. The Morgan fingerprint density at radius 3 is 3.07 bits per heavy atom. The van der Waals surface area contributed by atoms with Crippen LogP contribution in [0.1, 0.15) is 12.0 Å². The minimum Gasteiger partial charge on any atom is -0.497 e. The lowest BCUT2D eigenvalue weighted by Crippen LogP contribution is -2.03. The van der Waals surface area contributed by atoms with Gasteiger partial charge in [0.1, 0.15) is 5.75 Å². The van der Waals surface area contributed by atoms with Crippen molar-refractivity contribution in [2.75, 3.05) is 13.7 Å². The third kappa shape index (κ3) is 2.49. The van der Waals surface area contributed by atoms with Crippen LogP contribution in [0.2, 0.25) is 0 Å². The zero-order chi connectivity index (χ0) is 10.7. The molecule has 3 heteroatoms. The van der Waals surface area contributed by atoms with Gasteiger partial charge in [0.05, 0.1) is 20.1 Å². The van der Waals surface area contributed by atoms with Gasteiger partial charge in [0.25, 0.3) is 0 Å². The highest BCUT2D eigenvalue weighted by Gasteiger charge is 2.23. The second-order valence-electron chi connectivity index (χ2n) is 3.81. The summed E-state index contributed by atoms with van der Waals surface area (Å²) < 4.78 is 10.1. The maximum atomic E-state index is 10.9. The van der Waals surface area contributed by atoms with Crippen LogP contribution in [0.25, 0.3) is 0 Å². The predicted octanol–water partition coefficient (Wildman–Crippen LogP) is 1.80. The first-order valence-electron chi connectivity index (χ1n) is 5.06. The van der Waals surface area contributed by atoms with E-state index in [-0.39, 0.29) is 5.97 Å². The normalized spacial score (nSPS) is 20.1. The van der Waals surface area contributed by atoms with Crippen molar-refractivity contribution in [3.63, 3.8) is 0 Å². The van der Waals surface area contributed by atoms with E-state index in [0.29, 0.717) is 18.9 Å². The number of carbonyl (C=O) groups is 1. The standard InChI is InChI=1S/C12H14O3/c1-14-11-4-2-3-9(6-11)5-10-7-12(13)15-8-10/h2-4,6,10H,5,7-8H2,1H3/t10-/m0/s1. The number of rotatable bonds is 3. The fraction of sp³-hybridized carbons (Fsp3) is 0.417. The van der Waals surface area contributed by atoms with E-state index in [1.807, 2.05) is 24.3 Å². The summed E-state index contributed by atoms with van der Waals surface area (Å²) in [5.74, 6) is 1.10. The van der Waals surface area contributed by atoms with E-state index in [0.717, 1.165) is 12.2 Å². The van der Waals surface area contributed by atoms with Crippen molar-refractivity contribution >= 4 is 5.97 Å². The number of ether oxygens (including phenoxy) is 2. The number of hydrogen-bond acceptors (Lipinski definition) is 3. The molecular formula is C12H14O3. The van der Waals surface area contributed by atoms with Crippen LogP contribution in [0.4, 0.5) is 0 Å². The molecular weight excluding hydrogens is 192 g/mol. The third-order valence-corrected chi connectivity index (χ3v) is 2.59. The van der Waals surface area contributed by atoms with E-state index >= 15 is 0 Å². The SMILES string of the molecule is COc1cccc(C[C@@H]2COC(=O)C2)c1. The van der Waals surface area contributed by atoms with E-state index < -0.39 is 0 Å². The van der Waals surface area contributed by atoms with Gasteiger partial charge >= 0.3 is 5.97 Å². The highest BCUT2D eigenvalue weighted by molar-refractivity contribution is 5.71. The molecule has 15 heavy (non-hydrogen) atoms. The minimum atomic E-state index is -0.0807. The highest BCUT2D eigenvalue weighted by Crippen LogP contribution is 2.21. The molecule has 1 heterocycles. The van der Waals surface area contributed by atoms with Crippen LogP contribution in [0.3, 0.4) is 0 Å². The topological polar surface area (TPSA) is 35.5 Å². The monoisotopic (exact) mass is 206 g/mol. The van der Waals surface area contributed by atoms with Crippen molar-refractivity contribution in [1.29, 1.82) is 0 Å². The van der Waals surface area contributed by atoms with Gasteiger partial charge < -0.3 is 9.47 Å². The van der Waals surface area contributed by atoms with Crippen LogP contribution in [-0.4, -0.2) is 19.7 Å². The molecule has 80 valence electrons. The van der Waals surface area contributed by atoms with Gasteiger partial charge in [-0.05, 0) is 24.1 Å². The van der Waals surface area contributed by atoms with Gasteiger partial charge in [0.2, 0.25) is 0 Å².